The van der Waals surface area contributed by atoms with Gasteiger partial charge < -0.3 is 15.1 Å². The van der Waals surface area contributed by atoms with Crippen molar-refractivity contribution in [2.24, 2.45) is 0 Å². The van der Waals surface area contributed by atoms with E-state index in [1.54, 1.807) is 0 Å². The van der Waals surface area contributed by atoms with E-state index in [0.29, 0.717) is 11.6 Å². The fourth-order valence-electron chi connectivity index (χ4n) is 4.40. The summed E-state index contributed by atoms with van der Waals surface area (Å²) in [6.07, 6.45) is 3.04. The quantitative estimate of drug-likeness (QED) is 0.678. The Hall–Kier alpha value is -3.24. The molecule has 1 aliphatic rings. The molecule has 2 aromatic heterocycles. The molecule has 31 heavy (non-hydrogen) atoms. The van der Waals surface area contributed by atoms with Gasteiger partial charge in [-0.25, -0.2) is 4.98 Å². The van der Waals surface area contributed by atoms with Gasteiger partial charge in [0.05, 0.1) is 23.4 Å². The maximum atomic E-state index is 9.37. The van der Waals surface area contributed by atoms with Crippen molar-refractivity contribution < 1.29 is 0 Å². The standard InChI is InChI=1S/C24H29N7/c1-15-18(12-25)7-6-8-20(15)16(2)27-24-21-11-23(26-13-22(21)17(3)28-29-24)31(5)19-9-10-30(4)14-19/h6-8,11,13,16,19H,9-10,14H2,1-5H3,(H,27,29)/t16-,19+/m1/s1. The first-order valence-electron chi connectivity index (χ1n) is 10.7. The van der Waals surface area contributed by atoms with E-state index in [0.717, 1.165) is 58.7 Å². The van der Waals surface area contributed by atoms with Crippen molar-refractivity contribution >= 4 is 22.4 Å². The summed E-state index contributed by atoms with van der Waals surface area (Å²) in [7, 11) is 4.28. The predicted molar refractivity (Wildman–Crippen MR) is 124 cm³/mol. The molecule has 1 aromatic carbocycles. The minimum atomic E-state index is -0.0219. The first-order valence-corrected chi connectivity index (χ1v) is 10.7. The number of anilines is 2. The summed E-state index contributed by atoms with van der Waals surface area (Å²) in [6.45, 7) is 8.18. The SMILES string of the molecule is Cc1c(C#N)cccc1[C@@H](C)Nc1nnc(C)c2cnc(N(C)[C@H]3CCN(C)C3)cc12. The smallest absolute Gasteiger partial charge is 0.157 e. The van der Waals surface area contributed by atoms with Crippen LogP contribution >= 0.6 is 0 Å². The summed E-state index contributed by atoms with van der Waals surface area (Å²) in [5, 5.41) is 23.7. The van der Waals surface area contributed by atoms with E-state index in [4.69, 9.17) is 4.98 Å². The molecule has 0 saturated carbocycles. The van der Waals surface area contributed by atoms with E-state index >= 15 is 0 Å². The predicted octanol–water partition coefficient (Wildman–Crippen LogP) is 3.83. The van der Waals surface area contributed by atoms with Crippen LogP contribution in [0.2, 0.25) is 0 Å². The highest BCUT2D eigenvalue weighted by molar-refractivity contribution is 5.94. The second kappa shape index (κ2) is 8.48. The van der Waals surface area contributed by atoms with Crippen LogP contribution in [0.3, 0.4) is 0 Å². The van der Waals surface area contributed by atoms with Gasteiger partial charge in [-0.3, -0.25) is 0 Å². The van der Waals surface area contributed by atoms with Crippen LogP contribution in [0.1, 0.15) is 41.8 Å². The molecular weight excluding hydrogens is 386 g/mol. The van der Waals surface area contributed by atoms with E-state index in [-0.39, 0.29) is 6.04 Å². The second-order valence-electron chi connectivity index (χ2n) is 8.54. The highest BCUT2D eigenvalue weighted by Crippen LogP contribution is 2.30. The topological polar surface area (TPSA) is 81.0 Å². The van der Waals surface area contributed by atoms with E-state index in [1.165, 1.54) is 0 Å². The molecule has 0 unspecified atom stereocenters. The highest BCUT2D eigenvalue weighted by Gasteiger charge is 2.25. The highest BCUT2D eigenvalue weighted by atomic mass is 15.3. The lowest BCUT2D eigenvalue weighted by Crippen LogP contribution is -2.34. The van der Waals surface area contributed by atoms with E-state index < -0.39 is 0 Å². The van der Waals surface area contributed by atoms with Crippen molar-refractivity contribution in [1.82, 2.24) is 20.1 Å². The number of likely N-dealkylation sites (N-methyl/N-ethyl adjacent to an activating group) is 2. The molecule has 0 spiro atoms. The molecule has 3 aromatic rings. The molecule has 7 nitrogen and oxygen atoms in total. The van der Waals surface area contributed by atoms with Gasteiger partial charge in [0.15, 0.2) is 5.82 Å². The maximum absolute atomic E-state index is 9.37. The molecule has 0 bridgehead atoms. The van der Waals surface area contributed by atoms with Gasteiger partial charge >= 0.3 is 0 Å². The molecule has 1 aliphatic heterocycles. The normalized spacial score (nSPS) is 17.5. The summed E-state index contributed by atoms with van der Waals surface area (Å²) >= 11 is 0. The van der Waals surface area contributed by atoms with Gasteiger partial charge in [-0.2, -0.15) is 10.4 Å². The summed E-state index contributed by atoms with van der Waals surface area (Å²) in [6, 6.07) is 10.6. The zero-order valence-corrected chi connectivity index (χ0v) is 18.8. The Morgan fingerprint density at radius 1 is 1.26 bits per heavy atom. The van der Waals surface area contributed by atoms with Gasteiger partial charge in [0.25, 0.3) is 0 Å². The maximum Gasteiger partial charge on any atom is 0.157 e. The molecular formula is C24H29N7. The lowest BCUT2D eigenvalue weighted by atomic mass is 9.98. The molecule has 4 rings (SSSR count). The molecule has 0 aliphatic carbocycles. The third kappa shape index (κ3) is 4.04. The van der Waals surface area contributed by atoms with Crippen LogP contribution in [-0.4, -0.2) is 53.3 Å². The Morgan fingerprint density at radius 3 is 2.77 bits per heavy atom. The van der Waals surface area contributed by atoms with Crippen molar-refractivity contribution in [2.45, 2.75) is 39.3 Å². The number of aromatic nitrogens is 3. The lowest BCUT2D eigenvalue weighted by Gasteiger charge is -2.26. The summed E-state index contributed by atoms with van der Waals surface area (Å²) in [4.78, 5) is 9.35. The van der Waals surface area contributed by atoms with Gasteiger partial charge in [0, 0.05) is 36.6 Å². The first kappa shape index (κ1) is 21.0. The Kier molecular flexibility index (Phi) is 5.75. The Balaban J connectivity index is 1.69. The first-order chi connectivity index (χ1) is 14.9. The van der Waals surface area contributed by atoms with Crippen molar-refractivity contribution in [3.05, 3.63) is 52.8 Å². The average molecular weight is 416 g/mol. The van der Waals surface area contributed by atoms with Crippen LogP contribution in [0.25, 0.3) is 10.8 Å². The second-order valence-corrected chi connectivity index (χ2v) is 8.54. The number of hydrogen-bond donors (Lipinski definition) is 1. The zero-order valence-electron chi connectivity index (χ0n) is 18.8. The molecule has 7 heteroatoms. The zero-order chi connectivity index (χ0) is 22.1. The average Bonchev–Trinajstić information content (AvgIpc) is 3.21. The Labute approximate surface area is 183 Å². The van der Waals surface area contributed by atoms with Gasteiger partial charge in [-0.15, -0.1) is 5.10 Å². The van der Waals surface area contributed by atoms with E-state index in [9.17, 15) is 5.26 Å². The molecule has 160 valence electrons. The Bertz CT molecular complexity index is 1150. The van der Waals surface area contributed by atoms with Crippen molar-refractivity contribution in [3.8, 4) is 6.07 Å². The number of likely N-dealkylation sites (tertiary alicyclic amines) is 1. The number of nitriles is 1. The number of rotatable bonds is 5. The molecule has 1 N–H and O–H groups in total. The van der Waals surface area contributed by atoms with Crippen molar-refractivity contribution in [2.75, 3.05) is 37.4 Å². The number of pyridine rings is 1. The molecule has 0 radical (unpaired) electrons. The van der Waals surface area contributed by atoms with Crippen molar-refractivity contribution in [3.63, 3.8) is 0 Å². The number of nitrogens with zero attached hydrogens (tertiary/aromatic N) is 6. The minimum absolute atomic E-state index is 0.0219. The largest absolute Gasteiger partial charge is 0.362 e. The number of benzene rings is 1. The third-order valence-corrected chi connectivity index (χ3v) is 6.43. The number of fused-ring (bicyclic) bond motifs is 1. The lowest BCUT2D eigenvalue weighted by molar-refractivity contribution is 0.409. The summed E-state index contributed by atoms with van der Waals surface area (Å²) in [5.74, 6) is 1.68. The van der Waals surface area contributed by atoms with Gasteiger partial charge in [0.1, 0.15) is 5.82 Å². The van der Waals surface area contributed by atoms with Crippen LogP contribution < -0.4 is 10.2 Å². The molecule has 1 fully saturated rings. The van der Waals surface area contributed by atoms with Crippen LogP contribution in [-0.2, 0) is 0 Å². The van der Waals surface area contributed by atoms with Gasteiger partial charge in [-0.05, 0) is 64.0 Å². The molecule has 3 heterocycles. The monoisotopic (exact) mass is 415 g/mol. The third-order valence-electron chi connectivity index (χ3n) is 6.43. The molecule has 2 atom stereocenters. The van der Waals surface area contributed by atoms with Crippen LogP contribution in [0, 0.1) is 25.2 Å². The molecule has 0 amide bonds. The molecule has 1 saturated heterocycles. The summed E-state index contributed by atoms with van der Waals surface area (Å²) < 4.78 is 0. The summed E-state index contributed by atoms with van der Waals surface area (Å²) in [5.41, 5.74) is 3.62. The van der Waals surface area contributed by atoms with E-state index in [1.807, 2.05) is 32.2 Å². The van der Waals surface area contributed by atoms with Crippen molar-refractivity contribution in [1.29, 1.82) is 5.26 Å². The fraction of sp³-hybridized carbons (Fsp3) is 0.417. The minimum Gasteiger partial charge on any atom is -0.362 e. The fourth-order valence-corrected chi connectivity index (χ4v) is 4.40. The Morgan fingerprint density at radius 2 is 2.06 bits per heavy atom. The number of nitrogens with one attached hydrogen (secondary N) is 1. The number of aryl methyl sites for hydroxylation is 1. The van der Waals surface area contributed by atoms with Gasteiger partial charge in [-0.1, -0.05) is 12.1 Å². The van der Waals surface area contributed by atoms with Crippen LogP contribution in [0.4, 0.5) is 11.6 Å². The van der Waals surface area contributed by atoms with Gasteiger partial charge in [0.2, 0.25) is 0 Å². The number of hydrogen-bond acceptors (Lipinski definition) is 7. The van der Waals surface area contributed by atoms with E-state index in [2.05, 4.69) is 64.5 Å². The van der Waals surface area contributed by atoms with Crippen LogP contribution in [0.5, 0.6) is 0 Å². The van der Waals surface area contributed by atoms with Crippen LogP contribution in [0.15, 0.2) is 30.5 Å².